The Bertz CT molecular complexity index is 1550. The molecule has 1 aliphatic heterocycles. The summed E-state index contributed by atoms with van der Waals surface area (Å²) >= 11 is 6.47. The van der Waals surface area contributed by atoms with Gasteiger partial charge in [-0.05, 0) is 77.4 Å². The SMILES string of the molecule is CCOc1cc(/C=C2/SC(=S)N(NC(=O)c3ccccc3)C2=O)ccc1OCc1ccc2ccccc2c1. The van der Waals surface area contributed by atoms with Crippen LogP contribution in [0.5, 0.6) is 11.5 Å². The standard InChI is InChI=1S/C30H24N2O4S2/c1-2-35-26-17-20(13-15-25(26)36-19-21-12-14-22-8-6-7-11-24(22)16-21)18-27-29(34)32(30(37)38-27)31-28(33)23-9-4-3-5-10-23/h3-18H,2,19H2,1H3,(H,31,33)/b27-18+. The summed E-state index contributed by atoms with van der Waals surface area (Å²) in [5.74, 6) is 0.392. The van der Waals surface area contributed by atoms with E-state index in [9.17, 15) is 9.59 Å². The zero-order valence-corrected chi connectivity index (χ0v) is 22.2. The lowest BCUT2D eigenvalue weighted by atomic mass is 10.1. The number of thiocarbonyl (C=S) groups is 1. The van der Waals surface area contributed by atoms with Gasteiger partial charge in [0.25, 0.3) is 11.8 Å². The summed E-state index contributed by atoms with van der Waals surface area (Å²) in [5.41, 5.74) is 4.83. The molecule has 0 aromatic heterocycles. The van der Waals surface area contributed by atoms with Gasteiger partial charge in [0.05, 0.1) is 11.5 Å². The van der Waals surface area contributed by atoms with Crippen LogP contribution in [0.25, 0.3) is 16.8 Å². The fourth-order valence-electron chi connectivity index (χ4n) is 3.96. The minimum Gasteiger partial charge on any atom is -0.490 e. The number of hydrogen-bond donors (Lipinski definition) is 1. The Morgan fingerprint density at radius 3 is 2.47 bits per heavy atom. The number of ether oxygens (including phenoxy) is 2. The van der Waals surface area contributed by atoms with Gasteiger partial charge in [-0.1, -0.05) is 72.4 Å². The van der Waals surface area contributed by atoms with Gasteiger partial charge in [0.2, 0.25) is 0 Å². The van der Waals surface area contributed by atoms with Crippen molar-refractivity contribution in [2.24, 2.45) is 0 Å². The molecule has 4 aromatic rings. The van der Waals surface area contributed by atoms with Crippen molar-refractivity contribution in [1.82, 2.24) is 10.4 Å². The molecule has 1 saturated heterocycles. The zero-order valence-electron chi connectivity index (χ0n) is 20.5. The number of rotatable bonds is 8. The first kappa shape index (κ1) is 25.5. The second-order valence-corrected chi connectivity index (χ2v) is 10.1. The number of thioether (sulfide) groups is 1. The van der Waals surface area contributed by atoms with Crippen LogP contribution in [0, 0.1) is 0 Å². The van der Waals surface area contributed by atoms with Gasteiger partial charge in [-0.25, -0.2) is 0 Å². The molecule has 2 amide bonds. The lowest BCUT2D eigenvalue weighted by Gasteiger charge is -2.15. The van der Waals surface area contributed by atoms with Crippen LogP contribution in [0.1, 0.15) is 28.4 Å². The van der Waals surface area contributed by atoms with Gasteiger partial charge < -0.3 is 9.47 Å². The third-order valence-corrected chi connectivity index (χ3v) is 7.12. The molecule has 0 radical (unpaired) electrons. The third-order valence-electron chi connectivity index (χ3n) is 5.82. The normalized spacial score (nSPS) is 14.2. The largest absolute Gasteiger partial charge is 0.490 e. The van der Waals surface area contributed by atoms with Crippen LogP contribution in [0.2, 0.25) is 0 Å². The smallest absolute Gasteiger partial charge is 0.285 e. The molecule has 6 nitrogen and oxygen atoms in total. The summed E-state index contributed by atoms with van der Waals surface area (Å²) in [7, 11) is 0. The highest BCUT2D eigenvalue weighted by atomic mass is 32.2. The number of nitrogens with zero attached hydrogens (tertiary/aromatic N) is 1. The molecule has 8 heteroatoms. The van der Waals surface area contributed by atoms with E-state index in [4.69, 9.17) is 21.7 Å². The van der Waals surface area contributed by atoms with Crippen molar-refractivity contribution in [3.63, 3.8) is 0 Å². The van der Waals surface area contributed by atoms with Crippen molar-refractivity contribution in [1.29, 1.82) is 0 Å². The number of fused-ring (bicyclic) bond motifs is 1. The maximum absolute atomic E-state index is 13.0. The highest BCUT2D eigenvalue weighted by Crippen LogP contribution is 2.34. The van der Waals surface area contributed by atoms with Gasteiger partial charge in [-0.15, -0.1) is 0 Å². The highest BCUT2D eigenvalue weighted by Gasteiger charge is 2.33. The first-order chi connectivity index (χ1) is 18.5. The summed E-state index contributed by atoms with van der Waals surface area (Å²) in [5, 5.41) is 3.44. The van der Waals surface area contributed by atoms with E-state index in [2.05, 4.69) is 35.8 Å². The molecule has 4 aromatic carbocycles. The van der Waals surface area contributed by atoms with E-state index in [-0.39, 0.29) is 10.2 Å². The molecule has 5 rings (SSSR count). The molecule has 190 valence electrons. The second kappa shape index (κ2) is 11.5. The van der Waals surface area contributed by atoms with Crippen LogP contribution in [-0.4, -0.2) is 27.8 Å². The highest BCUT2D eigenvalue weighted by molar-refractivity contribution is 8.26. The summed E-state index contributed by atoms with van der Waals surface area (Å²) in [4.78, 5) is 25.9. The summed E-state index contributed by atoms with van der Waals surface area (Å²) < 4.78 is 12.2. The van der Waals surface area contributed by atoms with Crippen LogP contribution >= 0.6 is 24.0 Å². The predicted molar refractivity (Wildman–Crippen MR) is 155 cm³/mol. The van der Waals surface area contributed by atoms with E-state index in [0.717, 1.165) is 33.3 Å². The third kappa shape index (κ3) is 5.72. The molecular formula is C30H24N2O4S2. The Morgan fingerprint density at radius 1 is 0.921 bits per heavy atom. The minimum atomic E-state index is -0.408. The summed E-state index contributed by atoms with van der Waals surface area (Å²) in [6.45, 7) is 2.76. The van der Waals surface area contributed by atoms with E-state index < -0.39 is 5.91 Å². The van der Waals surface area contributed by atoms with Crippen LogP contribution in [-0.2, 0) is 11.4 Å². The predicted octanol–water partition coefficient (Wildman–Crippen LogP) is 6.36. The van der Waals surface area contributed by atoms with Crippen LogP contribution < -0.4 is 14.9 Å². The average Bonchev–Trinajstić information content (AvgIpc) is 3.20. The molecule has 0 unspecified atom stereocenters. The molecule has 1 N–H and O–H groups in total. The van der Waals surface area contributed by atoms with E-state index in [1.165, 1.54) is 5.39 Å². The van der Waals surface area contributed by atoms with Gasteiger partial charge in [0.15, 0.2) is 15.8 Å². The fourth-order valence-corrected chi connectivity index (χ4v) is 5.14. The van der Waals surface area contributed by atoms with Crippen LogP contribution in [0.4, 0.5) is 0 Å². The summed E-state index contributed by atoms with van der Waals surface area (Å²) in [6, 6.07) is 28.6. The topological polar surface area (TPSA) is 67.9 Å². The average molecular weight is 541 g/mol. The van der Waals surface area contributed by atoms with Crippen LogP contribution in [0.3, 0.4) is 0 Å². The first-order valence-corrected chi connectivity index (χ1v) is 13.3. The lowest BCUT2D eigenvalue weighted by molar-refractivity contribution is -0.123. The number of benzene rings is 4. The zero-order chi connectivity index (χ0) is 26.5. The molecule has 0 saturated carbocycles. The molecule has 1 aliphatic rings. The molecule has 0 atom stereocenters. The van der Waals surface area contributed by atoms with Crippen molar-refractivity contribution in [3.8, 4) is 11.5 Å². The number of hydrazine groups is 1. The van der Waals surface area contributed by atoms with Crippen LogP contribution in [0.15, 0.2) is 95.9 Å². The molecule has 0 bridgehead atoms. The lowest BCUT2D eigenvalue weighted by Crippen LogP contribution is -2.44. The van der Waals surface area contributed by atoms with E-state index in [0.29, 0.717) is 35.2 Å². The van der Waals surface area contributed by atoms with Gasteiger partial charge >= 0.3 is 0 Å². The van der Waals surface area contributed by atoms with E-state index >= 15 is 0 Å². The van der Waals surface area contributed by atoms with Gasteiger partial charge in [0, 0.05) is 5.56 Å². The van der Waals surface area contributed by atoms with Crippen molar-refractivity contribution >= 4 is 57.0 Å². The second-order valence-electron chi connectivity index (χ2n) is 8.43. The molecule has 38 heavy (non-hydrogen) atoms. The van der Waals surface area contributed by atoms with E-state index in [1.54, 1.807) is 30.3 Å². The fraction of sp³-hybridized carbons (Fsp3) is 0.100. The van der Waals surface area contributed by atoms with Gasteiger partial charge in [-0.2, -0.15) is 5.01 Å². The minimum absolute atomic E-state index is 0.255. The molecule has 1 fully saturated rings. The van der Waals surface area contributed by atoms with Crippen molar-refractivity contribution < 1.29 is 19.1 Å². The molecule has 0 spiro atoms. The number of hydrogen-bond acceptors (Lipinski definition) is 6. The number of amides is 2. The molecule has 0 aliphatic carbocycles. The Kier molecular flexibility index (Phi) is 7.72. The Hall–Kier alpha value is -4.14. The quantitative estimate of drug-likeness (QED) is 0.207. The number of nitrogens with one attached hydrogen (secondary N) is 1. The Balaban J connectivity index is 1.30. The number of carbonyl (C=O) groups excluding carboxylic acids is 2. The maximum atomic E-state index is 13.0. The summed E-state index contributed by atoms with van der Waals surface area (Å²) in [6.07, 6.45) is 1.73. The Labute approximate surface area is 230 Å². The first-order valence-electron chi connectivity index (χ1n) is 12.0. The monoisotopic (exact) mass is 540 g/mol. The molecular weight excluding hydrogens is 516 g/mol. The maximum Gasteiger partial charge on any atom is 0.285 e. The van der Waals surface area contributed by atoms with Crippen molar-refractivity contribution in [2.75, 3.05) is 6.61 Å². The Morgan fingerprint density at radius 2 is 1.68 bits per heavy atom. The van der Waals surface area contributed by atoms with Crippen molar-refractivity contribution in [3.05, 3.63) is 113 Å². The van der Waals surface area contributed by atoms with E-state index in [1.807, 2.05) is 43.3 Å². The molecule has 1 heterocycles. The number of carbonyl (C=O) groups is 2. The van der Waals surface area contributed by atoms with Gasteiger partial charge in [0.1, 0.15) is 6.61 Å². The van der Waals surface area contributed by atoms with Crippen molar-refractivity contribution in [2.45, 2.75) is 13.5 Å². The van der Waals surface area contributed by atoms with Gasteiger partial charge in [-0.3, -0.25) is 15.0 Å².